The Morgan fingerprint density at radius 3 is 2.12 bits per heavy atom. The van der Waals surface area contributed by atoms with E-state index in [1.54, 1.807) is 0 Å². The van der Waals surface area contributed by atoms with Crippen molar-refractivity contribution in [3.8, 4) is 0 Å². The minimum atomic E-state index is 0.410. The van der Waals surface area contributed by atoms with Crippen molar-refractivity contribution in [3.63, 3.8) is 0 Å². The summed E-state index contributed by atoms with van der Waals surface area (Å²) < 4.78 is 0. The predicted octanol–water partition coefficient (Wildman–Crippen LogP) is 2.67. The van der Waals surface area contributed by atoms with Gasteiger partial charge in [0.2, 0.25) is 0 Å². The summed E-state index contributed by atoms with van der Waals surface area (Å²) >= 11 is 0. The van der Waals surface area contributed by atoms with Crippen LogP contribution in [-0.4, -0.2) is 19.6 Å². The van der Waals surface area contributed by atoms with Crippen molar-refractivity contribution in [1.29, 1.82) is 0 Å². The van der Waals surface area contributed by atoms with E-state index >= 15 is 0 Å². The molecule has 1 aromatic rings. The predicted molar refractivity (Wildman–Crippen MR) is 71.9 cm³/mol. The molecule has 0 amide bonds. The number of hydrogen-bond acceptors (Lipinski definition) is 2. The first-order valence-corrected chi connectivity index (χ1v) is 6.12. The smallest absolute Gasteiger partial charge is 0.0431 e. The second-order valence-corrected chi connectivity index (χ2v) is 4.68. The molecule has 1 aromatic carbocycles. The zero-order chi connectivity index (χ0) is 12.1. The molecule has 2 N–H and O–H groups in total. The third-order valence-electron chi connectivity index (χ3n) is 3.26. The molecule has 0 aromatic heterocycles. The van der Waals surface area contributed by atoms with E-state index in [2.05, 4.69) is 57.0 Å². The second-order valence-electron chi connectivity index (χ2n) is 4.68. The van der Waals surface area contributed by atoms with E-state index in [0.29, 0.717) is 18.5 Å². The van der Waals surface area contributed by atoms with Gasteiger partial charge in [-0.1, -0.05) is 32.9 Å². The lowest BCUT2D eigenvalue weighted by Gasteiger charge is -2.32. The summed E-state index contributed by atoms with van der Waals surface area (Å²) in [5.41, 5.74) is 8.46. The standard InChI is InChI=1S/C14H24N2/c1-5-12-6-8-13(9-7-12)16(4)14(10-15)11(2)3/h6-9,11,14H,5,10,15H2,1-4H3. The molecule has 0 heterocycles. The average Bonchev–Trinajstić information content (AvgIpc) is 2.29. The van der Waals surface area contributed by atoms with Crippen LogP contribution in [0.15, 0.2) is 24.3 Å². The highest BCUT2D eigenvalue weighted by molar-refractivity contribution is 5.48. The third-order valence-corrected chi connectivity index (χ3v) is 3.26. The first kappa shape index (κ1) is 13.0. The molecule has 0 aliphatic heterocycles. The van der Waals surface area contributed by atoms with Gasteiger partial charge in [0.1, 0.15) is 0 Å². The maximum absolute atomic E-state index is 5.83. The molecule has 1 atom stereocenters. The van der Waals surface area contributed by atoms with Crippen LogP contribution in [-0.2, 0) is 6.42 Å². The monoisotopic (exact) mass is 220 g/mol. The van der Waals surface area contributed by atoms with Crippen molar-refractivity contribution in [3.05, 3.63) is 29.8 Å². The van der Waals surface area contributed by atoms with E-state index in [9.17, 15) is 0 Å². The highest BCUT2D eigenvalue weighted by Crippen LogP contribution is 2.19. The van der Waals surface area contributed by atoms with E-state index in [4.69, 9.17) is 5.73 Å². The zero-order valence-electron chi connectivity index (χ0n) is 10.9. The molecular weight excluding hydrogens is 196 g/mol. The van der Waals surface area contributed by atoms with Gasteiger partial charge in [0, 0.05) is 25.3 Å². The van der Waals surface area contributed by atoms with Gasteiger partial charge in [0.05, 0.1) is 0 Å². The summed E-state index contributed by atoms with van der Waals surface area (Å²) in [4.78, 5) is 2.28. The van der Waals surface area contributed by atoms with Gasteiger partial charge in [-0.05, 0) is 30.0 Å². The molecule has 0 aliphatic rings. The van der Waals surface area contributed by atoms with Gasteiger partial charge in [0.25, 0.3) is 0 Å². The van der Waals surface area contributed by atoms with Crippen LogP contribution < -0.4 is 10.6 Å². The first-order valence-electron chi connectivity index (χ1n) is 6.12. The Labute approximate surface area is 99.5 Å². The maximum Gasteiger partial charge on any atom is 0.0431 e. The highest BCUT2D eigenvalue weighted by atomic mass is 15.1. The molecule has 0 bridgehead atoms. The van der Waals surface area contributed by atoms with E-state index in [1.165, 1.54) is 11.3 Å². The minimum Gasteiger partial charge on any atom is -0.370 e. The zero-order valence-corrected chi connectivity index (χ0v) is 10.9. The van der Waals surface area contributed by atoms with Crippen LogP contribution >= 0.6 is 0 Å². The quantitative estimate of drug-likeness (QED) is 0.826. The first-order chi connectivity index (χ1) is 7.60. The van der Waals surface area contributed by atoms with Crippen molar-refractivity contribution >= 4 is 5.69 Å². The summed E-state index contributed by atoms with van der Waals surface area (Å²) in [7, 11) is 2.12. The Morgan fingerprint density at radius 1 is 1.19 bits per heavy atom. The lowest BCUT2D eigenvalue weighted by atomic mass is 10.0. The molecule has 2 nitrogen and oxygen atoms in total. The van der Waals surface area contributed by atoms with E-state index in [0.717, 1.165) is 6.42 Å². The molecule has 0 spiro atoms. The van der Waals surface area contributed by atoms with Crippen molar-refractivity contribution in [2.45, 2.75) is 33.2 Å². The summed E-state index contributed by atoms with van der Waals surface area (Å²) in [6, 6.07) is 9.17. The normalized spacial score (nSPS) is 12.9. The summed E-state index contributed by atoms with van der Waals surface area (Å²) in [5, 5.41) is 0. The van der Waals surface area contributed by atoms with Gasteiger partial charge in [-0.25, -0.2) is 0 Å². The minimum absolute atomic E-state index is 0.410. The lowest BCUT2D eigenvalue weighted by molar-refractivity contribution is 0.480. The van der Waals surface area contributed by atoms with Gasteiger partial charge in [-0.15, -0.1) is 0 Å². The van der Waals surface area contributed by atoms with Crippen molar-refractivity contribution in [2.75, 3.05) is 18.5 Å². The van der Waals surface area contributed by atoms with Crippen molar-refractivity contribution in [2.24, 2.45) is 11.7 Å². The van der Waals surface area contributed by atoms with Crippen LogP contribution in [0.3, 0.4) is 0 Å². The van der Waals surface area contributed by atoms with E-state index in [1.807, 2.05) is 0 Å². The number of rotatable bonds is 5. The molecule has 1 rings (SSSR count). The van der Waals surface area contributed by atoms with Crippen LogP contribution in [0.5, 0.6) is 0 Å². The number of aryl methyl sites for hydroxylation is 1. The maximum atomic E-state index is 5.83. The van der Waals surface area contributed by atoms with Crippen LogP contribution in [0, 0.1) is 5.92 Å². The van der Waals surface area contributed by atoms with Gasteiger partial charge in [0.15, 0.2) is 0 Å². The van der Waals surface area contributed by atoms with Gasteiger partial charge < -0.3 is 10.6 Å². The fourth-order valence-corrected chi connectivity index (χ4v) is 2.04. The number of likely N-dealkylation sites (N-methyl/N-ethyl adjacent to an activating group) is 1. The topological polar surface area (TPSA) is 29.3 Å². The number of hydrogen-bond donors (Lipinski definition) is 1. The Balaban J connectivity index is 2.82. The van der Waals surface area contributed by atoms with E-state index < -0.39 is 0 Å². The van der Waals surface area contributed by atoms with Gasteiger partial charge >= 0.3 is 0 Å². The fourth-order valence-electron chi connectivity index (χ4n) is 2.04. The Morgan fingerprint density at radius 2 is 1.75 bits per heavy atom. The highest BCUT2D eigenvalue weighted by Gasteiger charge is 2.16. The summed E-state index contributed by atoms with van der Waals surface area (Å²) in [6.07, 6.45) is 1.09. The summed E-state index contributed by atoms with van der Waals surface area (Å²) in [5.74, 6) is 0.570. The van der Waals surface area contributed by atoms with Crippen molar-refractivity contribution in [1.82, 2.24) is 0 Å². The largest absolute Gasteiger partial charge is 0.370 e. The Bertz CT molecular complexity index is 303. The average molecular weight is 220 g/mol. The molecule has 90 valence electrons. The van der Waals surface area contributed by atoms with Crippen LogP contribution in [0.2, 0.25) is 0 Å². The third kappa shape index (κ3) is 2.99. The molecule has 1 unspecified atom stereocenters. The molecule has 0 saturated carbocycles. The molecule has 16 heavy (non-hydrogen) atoms. The van der Waals surface area contributed by atoms with Crippen LogP contribution in [0.4, 0.5) is 5.69 Å². The van der Waals surface area contributed by atoms with Crippen LogP contribution in [0.1, 0.15) is 26.3 Å². The second kappa shape index (κ2) is 5.90. The molecular formula is C14H24N2. The SMILES string of the molecule is CCc1ccc(N(C)C(CN)C(C)C)cc1. The summed E-state index contributed by atoms with van der Waals surface area (Å²) in [6.45, 7) is 7.31. The molecule has 2 heteroatoms. The molecule has 0 fully saturated rings. The molecule has 0 saturated heterocycles. The molecule has 0 aliphatic carbocycles. The van der Waals surface area contributed by atoms with Crippen molar-refractivity contribution < 1.29 is 0 Å². The fraction of sp³-hybridized carbons (Fsp3) is 0.571. The number of benzene rings is 1. The lowest BCUT2D eigenvalue weighted by Crippen LogP contribution is -2.41. The Kier molecular flexibility index (Phi) is 4.81. The van der Waals surface area contributed by atoms with Gasteiger partial charge in [-0.2, -0.15) is 0 Å². The number of nitrogens with zero attached hydrogens (tertiary/aromatic N) is 1. The van der Waals surface area contributed by atoms with Crippen LogP contribution in [0.25, 0.3) is 0 Å². The number of anilines is 1. The molecule has 0 radical (unpaired) electrons. The van der Waals surface area contributed by atoms with E-state index in [-0.39, 0.29) is 0 Å². The number of nitrogens with two attached hydrogens (primary N) is 1. The van der Waals surface area contributed by atoms with Gasteiger partial charge in [-0.3, -0.25) is 0 Å². The Hall–Kier alpha value is -1.02.